The fourth-order valence-corrected chi connectivity index (χ4v) is 1.11. The first-order valence-electron chi connectivity index (χ1n) is 3.15. The minimum Gasteiger partial charge on any atom is -0.177 e. The van der Waals surface area contributed by atoms with Crippen molar-refractivity contribution in [3.05, 3.63) is 34.9 Å². The van der Waals surface area contributed by atoms with E-state index < -0.39 is 0 Å². The molecule has 1 radical (unpaired) electrons. The van der Waals surface area contributed by atoms with Crippen molar-refractivity contribution in [2.45, 2.75) is 20.8 Å². The molecule has 0 spiro atoms. The predicted molar refractivity (Wildman–Crippen MR) is 39.5 cm³/mol. The van der Waals surface area contributed by atoms with Crippen LogP contribution >= 0.6 is 0 Å². The van der Waals surface area contributed by atoms with Gasteiger partial charge in [-0.25, -0.2) is 0 Å². The number of benzene rings is 1. The first-order valence-corrected chi connectivity index (χ1v) is 3.15. The Morgan fingerprint density at radius 2 is 1.40 bits per heavy atom. The number of rotatable bonds is 0. The van der Waals surface area contributed by atoms with E-state index >= 15 is 0 Å². The second kappa shape index (κ2) is 3.85. The normalized spacial score (nSPS) is 8.70. The molecular formula is C9H11V-. The SMILES string of the molecule is Cc1[c-]c(C)cc(C)c1.[V]. The maximum atomic E-state index is 3.21. The van der Waals surface area contributed by atoms with Gasteiger partial charge in [0.1, 0.15) is 0 Å². The average molecular weight is 170 g/mol. The van der Waals surface area contributed by atoms with E-state index in [2.05, 4.69) is 39.0 Å². The van der Waals surface area contributed by atoms with Gasteiger partial charge in [0.15, 0.2) is 0 Å². The van der Waals surface area contributed by atoms with Crippen molar-refractivity contribution in [1.82, 2.24) is 0 Å². The minimum atomic E-state index is 0. The molecular weight excluding hydrogens is 159 g/mol. The molecule has 0 unspecified atom stereocenters. The maximum Gasteiger partial charge on any atom is 0 e. The van der Waals surface area contributed by atoms with Gasteiger partial charge in [0.2, 0.25) is 0 Å². The van der Waals surface area contributed by atoms with Crippen molar-refractivity contribution in [3.8, 4) is 0 Å². The number of hydrogen-bond donors (Lipinski definition) is 0. The van der Waals surface area contributed by atoms with Crippen molar-refractivity contribution in [2.75, 3.05) is 0 Å². The molecule has 0 amide bonds. The Balaban J connectivity index is 0.000000810. The molecule has 0 aliphatic heterocycles. The first kappa shape index (κ1) is 9.80. The molecule has 53 valence electrons. The average Bonchev–Trinajstić information content (AvgIpc) is 1.59. The molecule has 10 heavy (non-hydrogen) atoms. The van der Waals surface area contributed by atoms with E-state index in [1.807, 2.05) is 0 Å². The van der Waals surface area contributed by atoms with Gasteiger partial charge in [0.05, 0.1) is 0 Å². The Bertz CT molecular complexity index is 165. The van der Waals surface area contributed by atoms with Gasteiger partial charge in [-0.05, 0) is 0 Å². The van der Waals surface area contributed by atoms with Gasteiger partial charge in [-0.1, -0.05) is 20.8 Å². The molecule has 0 saturated carbocycles. The standard InChI is InChI=1S/C9H11.V/c1-7-4-8(2)6-9(3)5-7;/h4-5H,1-3H3;/q-1;. The largest absolute Gasteiger partial charge is 0.177 e. The van der Waals surface area contributed by atoms with Gasteiger partial charge in [0, 0.05) is 18.6 Å². The zero-order valence-electron chi connectivity index (χ0n) is 6.60. The summed E-state index contributed by atoms with van der Waals surface area (Å²) in [7, 11) is 0. The molecule has 0 aromatic heterocycles. The zero-order chi connectivity index (χ0) is 6.85. The van der Waals surface area contributed by atoms with Crippen LogP contribution in [0.1, 0.15) is 16.7 Å². The quantitative estimate of drug-likeness (QED) is 0.524. The smallest absolute Gasteiger partial charge is 0 e. The molecule has 0 atom stereocenters. The fourth-order valence-electron chi connectivity index (χ4n) is 1.11. The molecule has 1 aromatic rings. The van der Waals surface area contributed by atoms with Crippen LogP contribution in [-0.2, 0) is 18.6 Å². The molecule has 1 aromatic carbocycles. The van der Waals surface area contributed by atoms with E-state index in [1.165, 1.54) is 16.7 Å². The molecule has 0 nitrogen and oxygen atoms in total. The van der Waals surface area contributed by atoms with E-state index in [1.54, 1.807) is 0 Å². The summed E-state index contributed by atoms with van der Waals surface area (Å²) in [6, 6.07) is 7.47. The Kier molecular flexibility index (Phi) is 3.77. The molecule has 0 aliphatic rings. The van der Waals surface area contributed by atoms with Crippen molar-refractivity contribution >= 4 is 0 Å². The number of hydrogen-bond acceptors (Lipinski definition) is 0. The molecule has 0 bridgehead atoms. The Hall–Kier alpha value is -0.196. The predicted octanol–water partition coefficient (Wildman–Crippen LogP) is 2.41. The number of aryl methyl sites for hydroxylation is 3. The van der Waals surface area contributed by atoms with Gasteiger partial charge >= 0.3 is 0 Å². The minimum absolute atomic E-state index is 0. The maximum absolute atomic E-state index is 3.21. The third-order valence-corrected chi connectivity index (χ3v) is 1.28. The van der Waals surface area contributed by atoms with Gasteiger partial charge in [-0.2, -0.15) is 34.9 Å². The summed E-state index contributed by atoms with van der Waals surface area (Å²) in [5, 5.41) is 0. The zero-order valence-corrected chi connectivity index (χ0v) is 8.00. The van der Waals surface area contributed by atoms with Crippen LogP contribution in [0.4, 0.5) is 0 Å². The summed E-state index contributed by atoms with van der Waals surface area (Å²) in [6.45, 7) is 6.24. The van der Waals surface area contributed by atoms with Crippen molar-refractivity contribution < 1.29 is 18.6 Å². The molecule has 1 rings (SSSR count). The fraction of sp³-hybridized carbons (Fsp3) is 0.333. The van der Waals surface area contributed by atoms with Crippen LogP contribution in [0.5, 0.6) is 0 Å². The van der Waals surface area contributed by atoms with Crippen LogP contribution in [0.25, 0.3) is 0 Å². The van der Waals surface area contributed by atoms with Gasteiger partial charge in [-0.15, -0.1) is 0 Å². The summed E-state index contributed by atoms with van der Waals surface area (Å²) >= 11 is 0. The topological polar surface area (TPSA) is 0 Å². The third kappa shape index (κ3) is 2.59. The van der Waals surface area contributed by atoms with E-state index in [0.29, 0.717) is 0 Å². The van der Waals surface area contributed by atoms with Crippen LogP contribution in [0.15, 0.2) is 12.1 Å². The van der Waals surface area contributed by atoms with E-state index in [-0.39, 0.29) is 18.6 Å². The molecule has 0 N–H and O–H groups in total. The van der Waals surface area contributed by atoms with Crippen LogP contribution in [0.2, 0.25) is 0 Å². The molecule has 0 saturated heterocycles. The van der Waals surface area contributed by atoms with Crippen LogP contribution in [0.3, 0.4) is 0 Å². The molecule has 0 fully saturated rings. The Morgan fingerprint density at radius 3 is 1.70 bits per heavy atom. The van der Waals surface area contributed by atoms with Crippen molar-refractivity contribution in [3.63, 3.8) is 0 Å². The van der Waals surface area contributed by atoms with Crippen LogP contribution in [-0.4, -0.2) is 0 Å². The van der Waals surface area contributed by atoms with E-state index in [9.17, 15) is 0 Å². The summed E-state index contributed by atoms with van der Waals surface area (Å²) in [5.74, 6) is 0. The second-order valence-corrected chi connectivity index (χ2v) is 2.52. The van der Waals surface area contributed by atoms with Gasteiger partial charge in [-0.3, -0.25) is 0 Å². The summed E-state index contributed by atoms with van der Waals surface area (Å²) in [4.78, 5) is 0. The summed E-state index contributed by atoms with van der Waals surface area (Å²) in [6.07, 6.45) is 0. The second-order valence-electron chi connectivity index (χ2n) is 2.52. The summed E-state index contributed by atoms with van der Waals surface area (Å²) in [5.41, 5.74) is 3.78. The molecule has 0 heterocycles. The molecule has 1 heteroatoms. The van der Waals surface area contributed by atoms with Crippen molar-refractivity contribution in [1.29, 1.82) is 0 Å². The monoisotopic (exact) mass is 170 g/mol. The van der Waals surface area contributed by atoms with E-state index in [4.69, 9.17) is 0 Å². The van der Waals surface area contributed by atoms with E-state index in [0.717, 1.165) is 0 Å². The van der Waals surface area contributed by atoms with Crippen LogP contribution < -0.4 is 0 Å². The molecule has 0 aliphatic carbocycles. The van der Waals surface area contributed by atoms with Gasteiger partial charge < -0.3 is 0 Å². The Morgan fingerprint density at radius 1 is 1.00 bits per heavy atom. The van der Waals surface area contributed by atoms with Crippen LogP contribution in [0, 0.1) is 26.8 Å². The van der Waals surface area contributed by atoms with Crippen molar-refractivity contribution in [2.24, 2.45) is 0 Å². The summed E-state index contributed by atoms with van der Waals surface area (Å²) < 4.78 is 0. The third-order valence-electron chi connectivity index (χ3n) is 1.28. The Labute approximate surface area is 74.5 Å². The first-order chi connectivity index (χ1) is 4.18. The van der Waals surface area contributed by atoms with Gasteiger partial charge in [0.25, 0.3) is 0 Å².